The van der Waals surface area contributed by atoms with Crippen molar-refractivity contribution in [3.63, 3.8) is 0 Å². The van der Waals surface area contributed by atoms with Crippen LogP contribution in [0.25, 0.3) is 0 Å². The molecule has 3 heterocycles. The molecule has 1 aromatic heterocycles. The number of carbonyl (C=O) groups is 1. The van der Waals surface area contributed by atoms with Crippen LogP contribution in [0.1, 0.15) is 65.3 Å². The second-order valence-corrected chi connectivity index (χ2v) is 9.28. The smallest absolute Gasteiger partial charge is 0.278 e. The number of rotatable bonds is 2. The Balaban J connectivity index is 1.64. The summed E-state index contributed by atoms with van der Waals surface area (Å²) >= 11 is 0. The highest BCUT2D eigenvalue weighted by molar-refractivity contribution is 5.96. The summed E-state index contributed by atoms with van der Waals surface area (Å²) in [5.74, 6) is -0.704. The number of hydrogen-bond acceptors (Lipinski definition) is 4. The maximum Gasteiger partial charge on any atom is 0.278 e. The number of fused-ring (bicyclic) bond motifs is 4. The fourth-order valence-electron chi connectivity index (χ4n) is 5.69. The van der Waals surface area contributed by atoms with Crippen molar-refractivity contribution in [3.8, 4) is 5.75 Å². The molecule has 6 heteroatoms. The molecule has 0 radical (unpaired) electrons. The molecule has 3 aromatic rings. The van der Waals surface area contributed by atoms with Gasteiger partial charge in [0.2, 0.25) is 5.43 Å². The summed E-state index contributed by atoms with van der Waals surface area (Å²) in [6, 6.07) is 20.1. The average Bonchev–Trinajstić information content (AvgIpc) is 2.79. The van der Waals surface area contributed by atoms with Gasteiger partial charge in [-0.15, -0.1) is 0 Å². The first-order chi connectivity index (χ1) is 16.1. The maximum atomic E-state index is 13.7. The predicted octanol–water partition coefficient (Wildman–Crippen LogP) is 3.95. The van der Waals surface area contributed by atoms with E-state index in [1.807, 2.05) is 23.1 Å². The van der Waals surface area contributed by atoms with Gasteiger partial charge in [0.25, 0.3) is 5.91 Å². The van der Waals surface area contributed by atoms with Crippen molar-refractivity contribution in [1.29, 1.82) is 0 Å². The Hall–Kier alpha value is -3.54. The zero-order chi connectivity index (χ0) is 22.5. The van der Waals surface area contributed by atoms with Crippen molar-refractivity contribution in [1.82, 2.24) is 9.58 Å². The van der Waals surface area contributed by atoms with Crippen LogP contribution in [0.3, 0.4) is 0 Å². The minimum absolute atomic E-state index is 0.0737. The Morgan fingerprint density at radius 3 is 2.36 bits per heavy atom. The van der Waals surface area contributed by atoms with Gasteiger partial charge in [0.1, 0.15) is 6.17 Å². The van der Waals surface area contributed by atoms with Gasteiger partial charge in [0.05, 0.1) is 6.04 Å². The highest BCUT2D eigenvalue weighted by atomic mass is 16.3. The molecule has 168 valence electrons. The number of carbonyl (C=O) groups excluding carboxylic acids is 1. The Morgan fingerprint density at radius 2 is 1.61 bits per heavy atom. The summed E-state index contributed by atoms with van der Waals surface area (Å²) in [7, 11) is 0. The number of aromatic nitrogens is 1. The summed E-state index contributed by atoms with van der Waals surface area (Å²) in [5.41, 5.74) is 3.16. The van der Waals surface area contributed by atoms with Crippen LogP contribution in [0.4, 0.5) is 0 Å². The summed E-state index contributed by atoms with van der Waals surface area (Å²) in [6.07, 6.45) is 7.25. The molecular formula is C27H27N3O3. The molecule has 2 unspecified atom stereocenters. The summed E-state index contributed by atoms with van der Waals surface area (Å²) in [6.45, 7) is 0. The van der Waals surface area contributed by atoms with E-state index >= 15 is 0 Å². The number of amides is 1. The number of nitrogens with zero attached hydrogens (tertiary/aromatic N) is 3. The molecule has 1 N–H and O–H groups in total. The molecule has 2 aromatic carbocycles. The molecule has 3 aliphatic rings. The van der Waals surface area contributed by atoms with Gasteiger partial charge in [-0.2, -0.15) is 0 Å². The zero-order valence-corrected chi connectivity index (χ0v) is 18.4. The van der Waals surface area contributed by atoms with Gasteiger partial charge in [-0.05, 0) is 55.2 Å². The summed E-state index contributed by atoms with van der Waals surface area (Å²) in [5, 5.41) is 13.0. The molecule has 33 heavy (non-hydrogen) atoms. The fraction of sp³-hybridized carbons (Fsp3) is 0.333. The van der Waals surface area contributed by atoms with E-state index < -0.39 is 11.2 Å². The predicted molar refractivity (Wildman–Crippen MR) is 126 cm³/mol. The Kier molecular flexibility index (Phi) is 4.75. The first kappa shape index (κ1) is 20.1. The number of benzene rings is 2. The van der Waals surface area contributed by atoms with E-state index in [4.69, 9.17) is 0 Å². The third kappa shape index (κ3) is 3.08. The number of aromatic hydroxyl groups is 1. The number of pyridine rings is 1. The lowest BCUT2D eigenvalue weighted by atomic mass is 9.86. The van der Waals surface area contributed by atoms with Gasteiger partial charge in [-0.3, -0.25) is 19.3 Å². The second-order valence-electron chi connectivity index (χ2n) is 9.28. The minimum atomic E-state index is -0.523. The second kappa shape index (κ2) is 7.80. The van der Waals surface area contributed by atoms with E-state index in [2.05, 4.69) is 41.4 Å². The molecule has 1 saturated carbocycles. The van der Waals surface area contributed by atoms with Crippen molar-refractivity contribution in [2.45, 2.75) is 56.8 Å². The molecule has 0 bridgehead atoms. The Bertz CT molecular complexity index is 1270. The van der Waals surface area contributed by atoms with E-state index in [-0.39, 0.29) is 29.9 Å². The van der Waals surface area contributed by atoms with E-state index in [0.29, 0.717) is 0 Å². The summed E-state index contributed by atoms with van der Waals surface area (Å²) in [4.78, 5) is 28.1. The van der Waals surface area contributed by atoms with Gasteiger partial charge in [-0.1, -0.05) is 54.6 Å². The van der Waals surface area contributed by atoms with E-state index in [0.717, 1.165) is 44.1 Å². The summed E-state index contributed by atoms with van der Waals surface area (Å²) < 4.78 is 1.75. The lowest BCUT2D eigenvalue weighted by molar-refractivity contribution is 0.0248. The van der Waals surface area contributed by atoms with Crippen LogP contribution in [0.5, 0.6) is 5.75 Å². The first-order valence-electron chi connectivity index (χ1n) is 11.8. The van der Waals surface area contributed by atoms with Gasteiger partial charge < -0.3 is 10.0 Å². The van der Waals surface area contributed by atoms with Crippen LogP contribution >= 0.6 is 0 Å². The lowest BCUT2D eigenvalue weighted by Gasteiger charge is -2.54. The average molecular weight is 442 g/mol. The highest BCUT2D eigenvalue weighted by Gasteiger charge is 2.47. The first-order valence-corrected chi connectivity index (χ1v) is 11.8. The molecule has 2 atom stereocenters. The van der Waals surface area contributed by atoms with Crippen LogP contribution < -0.4 is 10.4 Å². The van der Waals surface area contributed by atoms with E-state index in [9.17, 15) is 14.7 Å². The van der Waals surface area contributed by atoms with Crippen LogP contribution in [-0.4, -0.2) is 32.8 Å². The van der Waals surface area contributed by atoms with Crippen LogP contribution in [0.15, 0.2) is 71.7 Å². The van der Waals surface area contributed by atoms with Gasteiger partial charge in [0.15, 0.2) is 11.4 Å². The van der Waals surface area contributed by atoms with Crippen molar-refractivity contribution < 1.29 is 9.90 Å². The van der Waals surface area contributed by atoms with Crippen molar-refractivity contribution in [3.05, 3.63) is 99.5 Å². The number of hydrogen-bond donors (Lipinski definition) is 1. The molecule has 1 amide bonds. The van der Waals surface area contributed by atoms with E-state index in [1.165, 1.54) is 17.2 Å². The van der Waals surface area contributed by atoms with Gasteiger partial charge >= 0.3 is 0 Å². The minimum Gasteiger partial charge on any atom is -0.502 e. The zero-order valence-electron chi connectivity index (χ0n) is 18.4. The maximum absolute atomic E-state index is 13.7. The normalized spacial score (nSPS) is 22.5. The fourth-order valence-corrected chi connectivity index (χ4v) is 5.69. The van der Waals surface area contributed by atoms with Crippen LogP contribution in [-0.2, 0) is 6.42 Å². The monoisotopic (exact) mass is 441 g/mol. The van der Waals surface area contributed by atoms with Crippen LogP contribution in [0.2, 0.25) is 0 Å². The standard InChI is InChI=1S/C27H27N3O3/c31-22-16-17-28-25(26(22)32)27(33)29(20-12-7-13-20)23-15-6-11-18-8-4-5-14-21(18)24(30(23)28)19-9-2-1-3-10-19/h1-5,8-10,14,16-17,20,23-24,32H,6-7,11-13,15H2. The van der Waals surface area contributed by atoms with Crippen molar-refractivity contribution in [2.75, 3.05) is 5.01 Å². The molecule has 6 nitrogen and oxygen atoms in total. The third-order valence-corrected chi connectivity index (χ3v) is 7.47. The van der Waals surface area contributed by atoms with Crippen LogP contribution in [0, 0.1) is 0 Å². The van der Waals surface area contributed by atoms with Gasteiger partial charge in [0, 0.05) is 18.3 Å². The third-order valence-electron chi connectivity index (χ3n) is 7.47. The Morgan fingerprint density at radius 1 is 0.848 bits per heavy atom. The number of aryl methyl sites for hydroxylation is 1. The highest BCUT2D eigenvalue weighted by Crippen LogP contribution is 2.41. The molecule has 2 aliphatic heterocycles. The molecule has 0 saturated heterocycles. The SMILES string of the molecule is O=C1c2c(O)c(=O)ccn2N2C(c3ccccc3)c3ccccc3CCCC2N1C1CCC1. The molecule has 0 spiro atoms. The molecule has 1 aliphatic carbocycles. The largest absolute Gasteiger partial charge is 0.502 e. The van der Waals surface area contributed by atoms with Gasteiger partial charge in [-0.25, -0.2) is 0 Å². The van der Waals surface area contributed by atoms with E-state index in [1.54, 1.807) is 10.9 Å². The Labute approximate surface area is 192 Å². The topological polar surface area (TPSA) is 65.8 Å². The van der Waals surface area contributed by atoms with Crippen molar-refractivity contribution >= 4 is 5.91 Å². The molecule has 1 fully saturated rings. The molecular weight excluding hydrogens is 414 g/mol. The molecule has 6 rings (SSSR count). The quantitative estimate of drug-likeness (QED) is 0.654. The lowest BCUT2D eigenvalue weighted by Crippen LogP contribution is -2.66. The van der Waals surface area contributed by atoms with Crippen molar-refractivity contribution in [2.24, 2.45) is 0 Å².